The second kappa shape index (κ2) is 4.89. The number of nitrogens with zero attached hydrogens (tertiary/aromatic N) is 4. The summed E-state index contributed by atoms with van der Waals surface area (Å²) < 4.78 is 15.2. The summed E-state index contributed by atoms with van der Waals surface area (Å²) in [6.07, 6.45) is 4.96. The molecule has 1 aliphatic rings. The maximum Gasteiger partial charge on any atom is 0.160 e. The first-order chi connectivity index (χ1) is 9.16. The molecule has 1 aliphatic heterocycles. The van der Waals surface area contributed by atoms with Crippen molar-refractivity contribution in [3.8, 4) is 0 Å². The molecule has 0 amide bonds. The molecule has 0 N–H and O–H groups in total. The van der Waals surface area contributed by atoms with Crippen LogP contribution in [0.3, 0.4) is 0 Å². The Morgan fingerprint density at radius 3 is 2.89 bits per heavy atom. The normalized spacial score (nSPS) is 21.4. The van der Waals surface area contributed by atoms with E-state index < -0.39 is 0 Å². The SMILES string of the molecule is CC(C)N1CCCCC1c1nnc2ccc(F)cn12. The molecule has 1 saturated heterocycles. The van der Waals surface area contributed by atoms with Crippen LogP contribution in [-0.4, -0.2) is 32.1 Å². The van der Waals surface area contributed by atoms with Gasteiger partial charge >= 0.3 is 0 Å². The summed E-state index contributed by atoms with van der Waals surface area (Å²) in [5.41, 5.74) is 0.714. The van der Waals surface area contributed by atoms with Gasteiger partial charge < -0.3 is 0 Å². The van der Waals surface area contributed by atoms with E-state index in [4.69, 9.17) is 0 Å². The summed E-state index contributed by atoms with van der Waals surface area (Å²) in [4.78, 5) is 2.44. The number of piperidine rings is 1. The van der Waals surface area contributed by atoms with E-state index >= 15 is 0 Å². The fourth-order valence-corrected chi connectivity index (χ4v) is 2.96. The van der Waals surface area contributed by atoms with Crippen LogP contribution in [0.4, 0.5) is 4.39 Å². The van der Waals surface area contributed by atoms with E-state index in [-0.39, 0.29) is 11.9 Å². The summed E-state index contributed by atoms with van der Waals surface area (Å²) in [5, 5.41) is 8.45. The lowest BCUT2D eigenvalue weighted by Gasteiger charge is -2.37. The zero-order valence-corrected chi connectivity index (χ0v) is 11.4. The number of aromatic nitrogens is 3. The third kappa shape index (κ3) is 2.23. The first-order valence-corrected chi connectivity index (χ1v) is 6.93. The lowest BCUT2D eigenvalue weighted by atomic mass is 10.00. The summed E-state index contributed by atoms with van der Waals surface area (Å²) in [5.74, 6) is 0.614. The Kier molecular flexibility index (Phi) is 3.22. The molecule has 0 saturated carbocycles. The molecule has 5 heteroatoms. The van der Waals surface area contributed by atoms with Crippen molar-refractivity contribution in [2.75, 3.05) is 6.54 Å². The molecule has 3 rings (SSSR count). The molecule has 0 bridgehead atoms. The molecule has 0 aromatic carbocycles. The number of likely N-dealkylation sites (tertiary alicyclic amines) is 1. The molecule has 1 atom stereocenters. The Balaban J connectivity index is 2.04. The van der Waals surface area contributed by atoms with Crippen LogP contribution < -0.4 is 0 Å². The predicted octanol–water partition coefficient (Wildman–Crippen LogP) is 2.80. The fraction of sp³-hybridized carbons (Fsp3) is 0.571. The highest BCUT2D eigenvalue weighted by atomic mass is 19.1. The van der Waals surface area contributed by atoms with Crippen molar-refractivity contribution < 1.29 is 4.39 Å². The summed E-state index contributed by atoms with van der Waals surface area (Å²) in [6, 6.07) is 3.81. The van der Waals surface area contributed by atoms with Crippen LogP contribution in [0.2, 0.25) is 0 Å². The number of hydrogen-bond donors (Lipinski definition) is 0. The van der Waals surface area contributed by atoms with Gasteiger partial charge in [-0.2, -0.15) is 0 Å². The maximum absolute atomic E-state index is 13.4. The maximum atomic E-state index is 13.4. The molecule has 1 unspecified atom stereocenters. The third-order valence-corrected chi connectivity index (χ3v) is 3.90. The molecule has 2 aromatic heterocycles. The van der Waals surface area contributed by atoms with E-state index in [2.05, 4.69) is 28.9 Å². The lowest BCUT2D eigenvalue weighted by molar-refractivity contribution is 0.105. The minimum Gasteiger partial charge on any atom is -0.291 e. The number of halogens is 1. The van der Waals surface area contributed by atoms with E-state index in [0.717, 1.165) is 18.8 Å². The van der Waals surface area contributed by atoms with E-state index in [1.165, 1.54) is 25.1 Å². The van der Waals surface area contributed by atoms with Gasteiger partial charge in [0, 0.05) is 12.2 Å². The van der Waals surface area contributed by atoms with Gasteiger partial charge in [0.2, 0.25) is 0 Å². The van der Waals surface area contributed by atoms with Crippen molar-refractivity contribution in [1.29, 1.82) is 0 Å². The van der Waals surface area contributed by atoms with Crippen LogP contribution in [0.25, 0.3) is 5.65 Å². The van der Waals surface area contributed by atoms with Crippen molar-refractivity contribution in [3.05, 3.63) is 30.0 Å². The second-order valence-corrected chi connectivity index (χ2v) is 5.48. The largest absolute Gasteiger partial charge is 0.291 e. The van der Waals surface area contributed by atoms with Gasteiger partial charge in [-0.15, -0.1) is 10.2 Å². The van der Waals surface area contributed by atoms with Gasteiger partial charge in [0.05, 0.1) is 6.04 Å². The number of fused-ring (bicyclic) bond motifs is 1. The van der Waals surface area contributed by atoms with Crippen molar-refractivity contribution >= 4 is 5.65 Å². The average molecular weight is 262 g/mol. The summed E-state index contributed by atoms with van der Waals surface area (Å²) in [7, 11) is 0. The quantitative estimate of drug-likeness (QED) is 0.834. The van der Waals surface area contributed by atoms with Gasteiger partial charge in [-0.1, -0.05) is 6.42 Å². The van der Waals surface area contributed by atoms with E-state index in [0.29, 0.717) is 11.7 Å². The van der Waals surface area contributed by atoms with Crippen LogP contribution >= 0.6 is 0 Å². The molecule has 0 radical (unpaired) electrons. The molecular formula is C14H19FN4. The van der Waals surface area contributed by atoms with E-state index in [9.17, 15) is 4.39 Å². The Labute approximate surface area is 112 Å². The van der Waals surface area contributed by atoms with Crippen molar-refractivity contribution in [1.82, 2.24) is 19.5 Å². The van der Waals surface area contributed by atoms with Crippen LogP contribution in [0, 0.1) is 5.82 Å². The minimum atomic E-state index is -0.250. The van der Waals surface area contributed by atoms with Crippen LogP contribution in [-0.2, 0) is 0 Å². The smallest absolute Gasteiger partial charge is 0.160 e. The van der Waals surface area contributed by atoms with Gasteiger partial charge in [-0.25, -0.2) is 4.39 Å². The third-order valence-electron chi connectivity index (χ3n) is 3.90. The first kappa shape index (κ1) is 12.5. The molecule has 2 aromatic rings. The van der Waals surface area contributed by atoms with E-state index in [1.54, 1.807) is 10.5 Å². The zero-order chi connectivity index (χ0) is 13.4. The highest BCUT2D eigenvalue weighted by molar-refractivity contribution is 5.38. The van der Waals surface area contributed by atoms with Crippen molar-refractivity contribution in [2.24, 2.45) is 0 Å². The van der Waals surface area contributed by atoms with Gasteiger partial charge in [0.1, 0.15) is 5.82 Å². The van der Waals surface area contributed by atoms with Gasteiger partial charge in [-0.05, 0) is 45.4 Å². The summed E-state index contributed by atoms with van der Waals surface area (Å²) in [6.45, 7) is 5.47. The minimum absolute atomic E-state index is 0.241. The highest BCUT2D eigenvalue weighted by Gasteiger charge is 2.29. The second-order valence-electron chi connectivity index (χ2n) is 5.48. The Morgan fingerprint density at radius 1 is 1.26 bits per heavy atom. The lowest BCUT2D eigenvalue weighted by Crippen LogP contribution is -2.39. The molecule has 3 heterocycles. The van der Waals surface area contributed by atoms with Gasteiger partial charge in [0.25, 0.3) is 0 Å². The average Bonchev–Trinajstić information content (AvgIpc) is 2.81. The van der Waals surface area contributed by atoms with Crippen molar-refractivity contribution in [3.63, 3.8) is 0 Å². The van der Waals surface area contributed by atoms with E-state index in [1.807, 2.05) is 0 Å². The molecule has 0 spiro atoms. The predicted molar refractivity (Wildman–Crippen MR) is 71.4 cm³/mol. The monoisotopic (exact) mass is 262 g/mol. The molecule has 4 nitrogen and oxygen atoms in total. The van der Waals surface area contributed by atoms with Crippen LogP contribution in [0.15, 0.2) is 18.3 Å². The van der Waals surface area contributed by atoms with Gasteiger partial charge in [0.15, 0.2) is 11.5 Å². The zero-order valence-electron chi connectivity index (χ0n) is 11.4. The first-order valence-electron chi connectivity index (χ1n) is 6.93. The number of pyridine rings is 1. The Bertz CT molecular complexity index is 578. The molecular weight excluding hydrogens is 243 g/mol. The molecule has 19 heavy (non-hydrogen) atoms. The molecule has 0 aliphatic carbocycles. The van der Waals surface area contributed by atoms with Gasteiger partial charge in [-0.3, -0.25) is 9.30 Å². The standard InChI is InChI=1S/C14H19FN4/c1-10(2)18-8-4-3-5-12(18)14-17-16-13-7-6-11(15)9-19(13)14/h6-7,9-10,12H,3-5,8H2,1-2H3. The number of hydrogen-bond acceptors (Lipinski definition) is 3. The highest BCUT2D eigenvalue weighted by Crippen LogP contribution is 2.31. The van der Waals surface area contributed by atoms with Crippen LogP contribution in [0.5, 0.6) is 0 Å². The van der Waals surface area contributed by atoms with Crippen LogP contribution in [0.1, 0.15) is 45.0 Å². The van der Waals surface area contributed by atoms with Crippen molar-refractivity contribution in [2.45, 2.75) is 45.2 Å². The molecule has 1 fully saturated rings. The Morgan fingerprint density at radius 2 is 2.11 bits per heavy atom. The summed E-state index contributed by atoms with van der Waals surface area (Å²) >= 11 is 0. The molecule has 102 valence electrons. The number of rotatable bonds is 2. The Hall–Kier alpha value is -1.49. The fourth-order valence-electron chi connectivity index (χ4n) is 2.96. The topological polar surface area (TPSA) is 33.4 Å².